The molecule has 0 aromatic carbocycles. The molecule has 0 aromatic heterocycles. The molecule has 4 nitrogen and oxygen atoms in total. The van der Waals surface area contributed by atoms with E-state index in [-0.39, 0.29) is 52.7 Å². The molecule has 124 valence electrons. The van der Waals surface area contributed by atoms with Crippen molar-refractivity contribution in [3.05, 3.63) is 0 Å². The van der Waals surface area contributed by atoms with Gasteiger partial charge in [-0.05, 0) is 50.9 Å². The quantitative estimate of drug-likeness (QED) is 0.581. The van der Waals surface area contributed by atoms with Crippen molar-refractivity contribution in [1.82, 2.24) is 0 Å². The summed E-state index contributed by atoms with van der Waals surface area (Å²) >= 11 is 0. The van der Waals surface area contributed by atoms with Gasteiger partial charge >= 0.3 is 5.97 Å². The highest BCUT2D eigenvalue weighted by Crippen LogP contribution is 2.56. The fraction of sp³-hybridized carbons (Fsp3) is 0.944. The van der Waals surface area contributed by atoms with Gasteiger partial charge < -0.3 is 14.2 Å². The van der Waals surface area contributed by atoms with Crippen molar-refractivity contribution < 1.29 is 19.0 Å². The monoisotopic (exact) mass is 308 g/mol. The second-order valence-corrected chi connectivity index (χ2v) is 9.14. The fourth-order valence-electron chi connectivity index (χ4n) is 4.85. The van der Waals surface area contributed by atoms with Gasteiger partial charge in [-0.2, -0.15) is 0 Å². The van der Waals surface area contributed by atoms with E-state index in [1.807, 2.05) is 0 Å². The molecule has 0 N–H and O–H groups in total. The summed E-state index contributed by atoms with van der Waals surface area (Å²) in [5.41, 5.74) is -0.0324. The lowest BCUT2D eigenvalue weighted by molar-refractivity contribution is -0.163. The maximum Gasteiger partial charge on any atom is 0.309 e. The van der Waals surface area contributed by atoms with Gasteiger partial charge in [0.2, 0.25) is 0 Å². The zero-order valence-corrected chi connectivity index (χ0v) is 14.3. The Bertz CT molecular complexity index is 515. The topological polar surface area (TPSA) is 51.4 Å². The lowest BCUT2D eigenvalue weighted by Crippen LogP contribution is -2.45. The largest absolute Gasteiger partial charge is 0.459 e. The summed E-state index contributed by atoms with van der Waals surface area (Å²) in [5.74, 6) is 0.196. The van der Waals surface area contributed by atoms with Crippen LogP contribution in [0.2, 0.25) is 0 Å². The third kappa shape index (κ3) is 2.14. The smallest absolute Gasteiger partial charge is 0.309 e. The fourth-order valence-corrected chi connectivity index (χ4v) is 4.85. The van der Waals surface area contributed by atoms with Gasteiger partial charge in [0.25, 0.3) is 0 Å². The van der Waals surface area contributed by atoms with Crippen LogP contribution in [-0.2, 0) is 19.0 Å². The Hall–Kier alpha value is -0.610. The molecule has 4 aliphatic rings. The molecule has 4 heteroatoms. The van der Waals surface area contributed by atoms with Crippen molar-refractivity contribution in [2.24, 2.45) is 17.3 Å². The van der Waals surface area contributed by atoms with Crippen molar-refractivity contribution in [2.75, 3.05) is 0 Å². The summed E-state index contributed by atoms with van der Waals surface area (Å²) in [6, 6.07) is 0. The summed E-state index contributed by atoms with van der Waals surface area (Å²) in [6.07, 6.45) is 4.19. The van der Waals surface area contributed by atoms with Gasteiger partial charge in [0, 0.05) is 0 Å². The van der Waals surface area contributed by atoms with Crippen LogP contribution in [0.1, 0.15) is 60.3 Å². The number of esters is 1. The van der Waals surface area contributed by atoms with Crippen LogP contribution in [0.25, 0.3) is 0 Å². The van der Waals surface area contributed by atoms with Crippen molar-refractivity contribution in [3.8, 4) is 0 Å². The molecule has 0 radical (unpaired) electrons. The van der Waals surface area contributed by atoms with Crippen molar-refractivity contribution in [2.45, 2.75) is 89.8 Å². The minimum Gasteiger partial charge on any atom is -0.459 e. The summed E-state index contributed by atoms with van der Waals surface area (Å²) in [6.45, 7) is 10.9. The molecule has 2 heterocycles. The van der Waals surface area contributed by atoms with Crippen LogP contribution in [-0.4, -0.2) is 35.5 Å². The molecule has 2 aliphatic carbocycles. The zero-order valence-electron chi connectivity index (χ0n) is 14.3. The van der Waals surface area contributed by atoms with Gasteiger partial charge in [-0.15, -0.1) is 0 Å². The first-order valence-corrected chi connectivity index (χ1v) is 8.71. The predicted octanol–water partition coefficient (Wildman–Crippen LogP) is 3.08. The van der Waals surface area contributed by atoms with Gasteiger partial charge in [0.05, 0.1) is 23.7 Å². The van der Waals surface area contributed by atoms with Gasteiger partial charge in [-0.3, -0.25) is 4.79 Å². The van der Waals surface area contributed by atoms with E-state index >= 15 is 0 Å². The summed E-state index contributed by atoms with van der Waals surface area (Å²) in [7, 11) is 0. The second-order valence-electron chi connectivity index (χ2n) is 9.14. The summed E-state index contributed by atoms with van der Waals surface area (Å²) in [4.78, 5) is 12.7. The van der Waals surface area contributed by atoms with E-state index in [1.54, 1.807) is 0 Å². The van der Waals surface area contributed by atoms with Crippen molar-refractivity contribution in [1.29, 1.82) is 0 Å². The van der Waals surface area contributed by atoms with Crippen LogP contribution >= 0.6 is 0 Å². The molecule has 7 atom stereocenters. The molecular formula is C18H28O4. The van der Waals surface area contributed by atoms with Crippen molar-refractivity contribution >= 4 is 5.97 Å². The van der Waals surface area contributed by atoms with E-state index in [1.165, 1.54) is 0 Å². The van der Waals surface area contributed by atoms with Crippen molar-refractivity contribution in [3.63, 3.8) is 0 Å². The molecule has 4 rings (SSSR count). The molecule has 7 unspecified atom stereocenters. The minimum absolute atomic E-state index is 0.0218. The molecular weight excluding hydrogens is 280 g/mol. The van der Waals surface area contributed by atoms with Gasteiger partial charge in [-0.25, -0.2) is 0 Å². The number of hydrogen-bond donors (Lipinski definition) is 0. The first-order chi connectivity index (χ1) is 10.1. The lowest BCUT2D eigenvalue weighted by Gasteiger charge is -2.37. The average molecular weight is 308 g/mol. The SMILES string of the molecule is CC1C(C(=O)OC2CC(C)(C)CC3OC23C)CCC2(C)OC12. The highest BCUT2D eigenvalue weighted by atomic mass is 16.6. The molecule has 0 amide bonds. The molecule has 0 spiro atoms. The van der Waals surface area contributed by atoms with Crippen LogP contribution in [0.4, 0.5) is 0 Å². The van der Waals surface area contributed by atoms with Crippen LogP contribution in [0.15, 0.2) is 0 Å². The van der Waals surface area contributed by atoms with Crippen LogP contribution in [0, 0.1) is 17.3 Å². The normalized spacial score (nSPS) is 54.9. The Balaban J connectivity index is 1.44. The number of hydrogen-bond acceptors (Lipinski definition) is 4. The number of carbonyl (C=O) groups excluding carboxylic acids is 1. The standard InChI is InChI=1S/C18H28O4/c1-10-11(6-7-17(4)14(10)22-17)15(19)20-12-8-16(2,3)9-13-18(12,5)21-13/h10-14H,6-9H2,1-5H3. The van der Waals surface area contributed by atoms with E-state index in [4.69, 9.17) is 14.2 Å². The Morgan fingerprint density at radius 1 is 1.14 bits per heavy atom. The summed E-state index contributed by atoms with van der Waals surface area (Å²) < 4.78 is 17.6. The Morgan fingerprint density at radius 3 is 2.59 bits per heavy atom. The van der Waals surface area contributed by atoms with E-state index in [0.29, 0.717) is 0 Å². The number of ether oxygens (including phenoxy) is 3. The first-order valence-electron chi connectivity index (χ1n) is 8.71. The maximum absolute atomic E-state index is 12.7. The van der Waals surface area contributed by atoms with Crippen LogP contribution in [0.5, 0.6) is 0 Å². The van der Waals surface area contributed by atoms with Crippen LogP contribution in [0.3, 0.4) is 0 Å². The zero-order chi connectivity index (χ0) is 15.9. The Labute approximate surface area is 132 Å². The molecule has 0 bridgehead atoms. The molecule has 22 heavy (non-hydrogen) atoms. The first kappa shape index (κ1) is 14.9. The lowest BCUT2D eigenvalue weighted by atomic mass is 9.71. The third-order valence-electron chi connectivity index (χ3n) is 6.66. The highest BCUT2D eigenvalue weighted by Gasteiger charge is 2.65. The minimum atomic E-state index is -0.242. The Kier molecular flexibility index (Phi) is 2.90. The molecule has 2 saturated heterocycles. The number of rotatable bonds is 2. The van der Waals surface area contributed by atoms with Gasteiger partial charge in [-0.1, -0.05) is 20.8 Å². The number of fused-ring (bicyclic) bond motifs is 2. The molecule has 2 aliphatic heterocycles. The third-order valence-corrected chi connectivity index (χ3v) is 6.66. The molecule has 4 fully saturated rings. The average Bonchev–Trinajstić information content (AvgIpc) is 3.25. The van der Waals surface area contributed by atoms with E-state index in [2.05, 4.69) is 34.6 Å². The van der Waals surface area contributed by atoms with Crippen LogP contribution < -0.4 is 0 Å². The number of carbonyl (C=O) groups is 1. The predicted molar refractivity (Wildman–Crippen MR) is 81.3 cm³/mol. The maximum atomic E-state index is 12.7. The number of epoxide rings is 2. The van der Waals surface area contributed by atoms with Gasteiger partial charge in [0.15, 0.2) is 0 Å². The second kappa shape index (κ2) is 4.27. The molecule has 0 aromatic rings. The van der Waals surface area contributed by atoms with Gasteiger partial charge in [0.1, 0.15) is 11.7 Å². The van der Waals surface area contributed by atoms with E-state index < -0.39 is 0 Å². The van der Waals surface area contributed by atoms with E-state index in [9.17, 15) is 4.79 Å². The Morgan fingerprint density at radius 2 is 1.86 bits per heavy atom. The van der Waals surface area contributed by atoms with E-state index in [0.717, 1.165) is 25.7 Å². The highest BCUT2D eigenvalue weighted by molar-refractivity contribution is 5.73. The summed E-state index contributed by atoms with van der Waals surface area (Å²) in [5, 5.41) is 0. The molecule has 2 saturated carbocycles.